The van der Waals surface area contributed by atoms with E-state index in [0.717, 1.165) is 5.56 Å². The lowest BCUT2D eigenvalue weighted by Crippen LogP contribution is -2.48. The molecule has 5 rings (SSSR count). The SMILES string of the molecule is CC[C@H]1O[C@@H](n2cnc3c(OCCc4ccc([N+](=O)[O-])cc4)nc4nccn4c32)[C@H](O[Si](C)(C)C(C)(C)C)[C@@H]1O. The number of non-ortho nitro benzene ring substituents is 1. The smallest absolute Gasteiger partial charge is 0.269 e. The van der Waals surface area contributed by atoms with Crippen LogP contribution in [0.2, 0.25) is 18.1 Å². The van der Waals surface area contributed by atoms with Gasteiger partial charge in [0.2, 0.25) is 11.7 Å². The number of ether oxygens (including phenoxy) is 2. The van der Waals surface area contributed by atoms with E-state index in [1.165, 1.54) is 12.1 Å². The molecule has 214 valence electrons. The van der Waals surface area contributed by atoms with Gasteiger partial charge in [-0.25, -0.2) is 9.97 Å². The Morgan fingerprint density at radius 3 is 2.58 bits per heavy atom. The monoisotopic (exact) mass is 568 g/mol. The zero-order valence-corrected chi connectivity index (χ0v) is 24.6. The third-order valence-electron chi connectivity index (χ3n) is 8.02. The third kappa shape index (κ3) is 5.09. The minimum atomic E-state index is -2.25. The van der Waals surface area contributed by atoms with E-state index in [0.29, 0.717) is 35.7 Å². The molecule has 0 aliphatic carbocycles. The summed E-state index contributed by atoms with van der Waals surface area (Å²) in [5, 5.41) is 22.1. The molecule has 12 nitrogen and oxygen atoms in total. The van der Waals surface area contributed by atoms with Crippen LogP contribution in [-0.2, 0) is 15.6 Å². The number of hydrogen-bond acceptors (Lipinski definition) is 9. The quantitative estimate of drug-likeness (QED) is 0.173. The number of nitro benzene ring substituents is 1. The molecule has 1 aromatic carbocycles. The zero-order valence-electron chi connectivity index (χ0n) is 23.6. The van der Waals surface area contributed by atoms with Gasteiger partial charge in [-0.15, -0.1) is 0 Å². The van der Waals surface area contributed by atoms with Gasteiger partial charge in [-0.3, -0.25) is 19.1 Å². The van der Waals surface area contributed by atoms with Crippen LogP contribution in [0.1, 0.15) is 45.9 Å². The molecule has 0 unspecified atom stereocenters. The first kappa shape index (κ1) is 28.1. The van der Waals surface area contributed by atoms with Crippen LogP contribution in [-0.4, -0.2) is 67.2 Å². The molecular formula is C27H36N6O6Si. The number of rotatable bonds is 9. The summed E-state index contributed by atoms with van der Waals surface area (Å²) in [6.45, 7) is 13.1. The van der Waals surface area contributed by atoms with Crippen LogP contribution in [0.15, 0.2) is 43.0 Å². The van der Waals surface area contributed by atoms with Crippen molar-refractivity contribution >= 4 is 30.9 Å². The highest BCUT2D eigenvalue weighted by molar-refractivity contribution is 6.74. The number of imidazole rings is 2. The summed E-state index contributed by atoms with van der Waals surface area (Å²) < 4.78 is 22.9. The van der Waals surface area contributed by atoms with Gasteiger partial charge in [0.1, 0.15) is 12.2 Å². The highest BCUT2D eigenvalue weighted by Crippen LogP contribution is 2.43. The van der Waals surface area contributed by atoms with E-state index in [1.807, 2.05) is 15.9 Å². The number of hydrogen-bond donors (Lipinski definition) is 1. The molecule has 1 saturated heterocycles. The van der Waals surface area contributed by atoms with Crippen molar-refractivity contribution in [3.63, 3.8) is 0 Å². The summed E-state index contributed by atoms with van der Waals surface area (Å²) in [7, 11) is -2.25. The van der Waals surface area contributed by atoms with E-state index in [1.54, 1.807) is 30.9 Å². The third-order valence-corrected chi connectivity index (χ3v) is 12.5. The van der Waals surface area contributed by atoms with Gasteiger partial charge >= 0.3 is 0 Å². The van der Waals surface area contributed by atoms with Gasteiger partial charge in [-0.05, 0) is 30.1 Å². The van der Waals surface area contributed by atoms with E-state index >= 15 is 0 Å². The lowest BCUT2D eigenvalue weighted by atomic mass is 10.1. The molecule has 1 fully saturated rings. The molecule has 1 aliphatic heterocycles. The molecule has 0 radical (unpaired) electrons. The van der Waals surface area contributed by atoms with Crippen molar-refractivity contribution in [1.82, 2.24) is 23.9 Å². The molecule has 0 bridgehead atoms. The summed E-state index contributed by atoms with van der Waals surface area (Å²) in [6, 6.07) is 6.39. The Morgan fingerprint density at radius 2 is 1.93 bits per heavy atom. The van der Waals surface area contributed by atoms with Crippen LogP contribution < -0.4 is 4.74 Å². The van der Waals surface area contributed by atoms with E-state index in [2.05, 4.69) is 48.8 Å². The molecule has 4 atom stereocenters. The number of nitrogens with zero attached hydrogens (tertiary/aromatic N) is 6. The minimum absolute atomic E-state index is 0.0451. The fraction of sp³-hybridized carbons (Fsp3) is 0.519. The van der Waals surface area contributed by atoms with E-state index in [9.17, 15) is 15.2 Å². The number of aliphatic hydroxyl groups is 1. The van der Waals surface area contributed by atoms with Crippen LogP contribution >= 0.6 is 0 Å². The van der Waals surface area contributed by atoms with Crippen molar-refractivity contribution in [3.8, 4) is 5.88 Å². The second-order valence-electron chi connectivity index (χ2n) is 11.7. The van der Waals surface area contributed by atoms with Crippen molar-refractivity contribution in [2.75, 3.05) is 6.61 Å². The number of aliphatic hydroxyl groups excluding tert-OH is 1. The largest absolute Gasteiger partial charge is 0.476 e. The van der Waals surface area contributed by atoms with Crippen LogP contribution in [0.25, 0.3) is 16.9 Å². The molecule has 1 aliphatic rings. The fourth-order valence-corrected chi connectivity index (χ4v) is 5.98. The first-order valence-corrected chi connectivity index (χ1v) is 16.4. The van der Waals surface area contributed by atoms with Gasteiger partial charge < -0.3 is 19.0 Å². The average Bonchev–Trinajstić information content (AvgIpc) is 3.61. The van der Waals surface area contributed by atoms with Gasteiger partial charge in [0, 0.05) is 30.9 Å². The Morgan fingerprint density at radius 1 is 1.20 bits per heavy atom. The summed E-state index contributed by atoms with van der Waals surface area (Å²) in [5.41, 5.74) is 2.14. The Kier molecular flexibility index (Phi) is 7.42. The number of nitro groups is 1. The molecule has 0 spiro atoms. The van der Waals surface area contributed by atoms with E-state index in [4.69, 9.17) is 13.9 Å². The molecule has 4 heterocycles. The van der Waals surface area contributed by atoms with Gasteiger partial charge in [0.25, 0.3) is 5.69 Å². The second kappa shape index (κ2) is 10.5. The summed E-state index contributed by atoms with van der Waals surface area (Å²) >= 11 is 0. The maximum absolute atomic E-state index is 11.3. The molecule has 3 aromatic heterocycles. The summed E-state index contributed by atoms with van der Waals surface area (Å²) in [6.07, 6.45) is 3.93. The topological polar surface area (TPSA) is 139 Å². The fourth-order valence-electron chi connectivity index (χ4n) is 4.69. The van der Waals surface area contributed by atoms with Crippen molar-refractivity contribution in [2.24, 2.45) is 0 Å². The van der Waals surface area contributed by atoms with Gasteiger partial charge in [0.15, 0.2) is 25.7 Å². The van der Waals surface area contributed by atoms with Crippen LogP contribution in [0.3, 0.4) is 0 Å². The van der Waals surface area contributed by atoms with Gasteiger partial charge in [0.05, 0.1) is 24.0 Å². The molecule has 40 heavy (non-hydrogen) atoms. The Balaban J connectivity index is 1.47. The van der Waals surface area contributed by atoms with Gasteiger partial charge in [-0.2, -0.15) is 4.98 Å². The standard InChI is InChI=1S/C27H36N6O6Si/c1-7-19-21(34)22(39-40(5,6)27(2,3)4)25(38-19)32-16-29-20-23(30-26-28-13-14-31(26)24(20)32)37-15-12-17-8-10-18(11-9-17)33(35)36/h8-11,13-14,16,19,21-22,25,34H,7,12,15H2,1-6H3/t19-,21-,22-,25-/m1/s1. The minimum Gasteiger partial charge on any atom is -0.476 e. The lowest BCUT2D eigenvalue weighted by Gasteiger charge is -2.40. The lowest BCUT2D eigenvalue weighted by molar-refractivity contribution is -0.384. The molecule has 1 N–H and O–H groups in total. The van der Waals surface area contributed by atoms with Crippen molar-refractivity contribution in [1.29, 1.82) is 0 Å². The predicted molar refractivity (Wildman–Crippen MR) is 151 cm³/mol. The Hall–Kier alpha value is -3.39. The predicted octanol–water partition coefficient (Wildman–Crippen LogP) is 4.67. The maximum atomic E-state index is 11.3. The van der Waals surface area contributed by atoms with Crippen molar-refractivity contribution in [2.45, 2.75) is 83.2 Å². The molecule has 0 amide bonds. The maximum Gasteiger partial charge on any atom is 0.269 e. The first-order valence-electron chi connectivity index (χ1n) is 13.5. The Labute approximate surface area is 233 Å². The van der Waals surface area contributed by atoms with Crippen LogP contribution in [0.4, 0.5) is 5.69 Å². The average molecular weight is 569 g/mol. The molecule has 13 heteroatoms. The molecular weight excluding hydrogens is 532 g/mol. The van der Waals surface area contributed by atoms with E-state index < -0.39 is 31.7 Å². The summed E-state index contributed by atoms with van der Waals surface area (Å²) in [5.74, 6) is 0.758. The summed E-state index contributed by atoms with van der Waals surface area (Å²) in [4.78, 5) is 24.1. The van der Waals surface area contributed by atoms with Crippen LogP contribution in [0.5, 0.6) is 5.88 Å². The van der Waals surface area contributed by atoms with Gasteiger partial charge in [-0.1, -0.05) is 39.8 Å². The van der Waals surface area contributed by atoms with Crippen molar-refractivity contribution < 1.29 is 23.9 Å². The number of fused-ring (bicyclic) bond motifs is 3. The highest BCUT2D eigenvalue weighted by atomic mass is 28.4. The zero-order chi connectivity index (χ0) is 28.8. The van der Waals surface area contributed by atoms with E-state index in [-0.39, 0.29) is 23.4 Å². The highest BCUT2D eigenvalue weighted by Gasteiger charge is 2.50. The molecule has 0 saturated carbocycles. The Bertz CT molecular complexity index is 1510. The number of benzene rings is 1. The first-order chi connectivity index (χ1) is 18.9. The normalized spacial score (nSPS) is 21.9. The van der Waals surface area contributed by atoms with Crippen molar-refractivity contribution in [3.05, 3.63) is 58.7 Å². The molecule has 4 aromatic rings. The van der Waals surface area contributed by atoms with Crippen LogP contribution in [0, 0.1) is 10.1 Å². The second-order valence-corrected chi connectivity index (χ2v) is 16.4. The number of aromatic nitrogens is 5.